The third kappa shape index (κ3) is 4.96. The zero-order valence-electron chi connectivity index (χ0n) is 22.9. The van der Waals surface area contributed by atoms with E-state index >= 15 is 0 Å². The van der Waals surface area contributed by atoms with Crippen LogP contribution < -0.4 is 4.90 Å². The number of anilines is 1. The molecule has 9 heteroatoms. The van der Waals surface area contributed by atoms with Crippen molar-refractivity contribution in [2.75, 3.05) is 31.1 Å². The second-order valence-corrected chi connectivity index (χ2v) is 11.0. The fourth-order valence-electron chi connectivity index (χ4n) is 5.15. The number of carbonyl (C=O) groups excluding carboxylic acids is 1. The van der Waals surface area contributed by atoms with E-state index in [-0.39, 0.29) is 12.7 Å². The molecule has 0 unspecified atom stereocenters. The summed E-state index contributed by atoms with van der Waals surface area (Å²) in [5.74, 6) is 0. The van der Waals surface area contributed by atoms with Gasteiger partial charge in [-0.15, -0.1) is 0 Å². The van der Waals surface area contributed by atoms with Crippen LogP contribution in [0.1, 0.15) is 26.3 Å². The minimum Gasteiger partial charge on any atom is -0.444 e. The van der Waals surface area contributed by atoms with Gasteiger partial charge >= 0.3 is 6.09 Å². The first-order valence-corrected chi connectivity index (χ1v) is 13.5. The fourth-order valence-corrected chi connectivity index (χ4v) is 5.15. The van der Waals surface area contributed by atoms with Crippen LogP contribution in [-0.4, -0.2) is 67.5 Å². The molecule has 9 nitrogen and oxygen atoms in total. The van der Waals surface area contributed by atoms with Crippen molar-refractivity contribution in [3.8, 4) is 22.3 Å². The number of amides is 1. The maximum absolute atomic E-state index is 12.4. The van der Waals surface area contributed by atoms with Crippen LogP contribution in [0.15, 0.2) is 73.3 Å². The minimum absolute atomic E-state index is 0.0642. The van der Waals surface area contributed by atoms with Gasteiger partial charge in [0.15, 0.2) is 5.65 Å². The van der Waals surface area contributed by atoms with E-state index in [0.717, 1.165) is 63.1 Å². The lowest BCUT2D eigenvalue weighted by atomic mass is 10.0. The molecular formula is C31H32N6O3. The van der Waals surface area contributed by atoms with Crippen molar-refractivity contribution in [3.63, 3.8) is 0 Å². The number of para-hydroxylation sites is 1. The van der Waals surface area contributed by atoms with Crippen LogP contribution in [0, 0.1) is 0 Å². The molecule has 0 saturated carbocycles. The van der Waals surface area contributed by atoms with Gasteiger partial charge in [-0.2, -0.15) is 5.10 Å². The molecule has 1 aliphatic heterocycles. The lowest BCUT2D eigenvalue weighted by Crippen LogP contribution is -2.50. The van der Waals surface area contributed by atoms with Crippen LogP contribution in [-0.2, 0) is 11.3 Å². The second-order valence-electron chi connectivity index (χ2n) is 11.0. The Kier molecular flexibility index (Phi) is 6.59. The van der Waals surface area contributed by atoms with Crippen LogP contribution in [0.2, 0.25) is 0 Å². The van der Waals surface area contributed by atoms with E-state index in [4.69, 9.17) is 9.72 Å². The maximum Gasteiger partial charge on any atom is 0.410 e. The van der Waals surface area contributed by atoms with E-state index in [2.05, 4.69) is 39.2 Å². The Morgan fingerprint density at radius 2 is 1.70 bits per heavy atom. The molecule has 6 rings (SSSR count). The fraction of sp³-hybridized carbons (Fsp3) is 0.290. The highest BCUT2D eigenvalue weighted by Crippen LogP contribution is 2.32. The molecule has 1 N–H and O–H groups in total. The Labute approximate surface area is 232 Å². The lowest BCUT2D eigenvalue weighted by Gasteiger charge is -2.36. The van der Waals surface area contributed by atoms with Crippen molar-refractivity contribution in [1.82, 2.24) is 24.5 Å². The predicted octanol–water partition coefficient (Wildman–Crippen LogP) is 5.16. The number of rotatable bonds is 4. The van der Waals surface area contributed by atoms with Gasteiger partial charge in [0.1, 0.15) is 5.60 Å². The molecule has 204 valence electrons. The van der Waals surface area contributed by atoms with Gasteiger partial charge in [-0.05, 0) is 50.1 Å². The summed E-state index contributed by atoms with van der Waals surface area (Å²) in [4.78, 5) is 25.7. The maximum atomic E-state index is 12.4. The van der Waals surface area contributed by atoms with Gasteiger partial charge in [0.25, 0.3) is 0 Å². The number of aliphatic hydroxyl groups excluding tert-OH is 1. The highest BCUT2D eigenvalue weighted by atomic mass is 16.6. The van der Waals surface area contributed by atoms with Crippen molar-refractivity contribution < 1.29 is 14.6 Å². The molecule has 5 aromatic rings. The zero-order chi connectivity index (χ0) is 27.9. The SMILES string of the molecule is CC(C)(C)OC(=O)N1CCN(c2ccc(-c3cnc4c(-c5ccnc6c(CO)cccc56)cnn4c3)cc2)CC1. The number of piperazine rings is 1. The van der Waals surface area contributed by atoms with Gasteiger partial charge in [0.2, 0.25) is 0 Å². The first-order chi connectivity index (χ1) is 19.3. The molecule has 0 aliphatic carbocycles. The standard InChI is InChI=1S/C31H32N6O3/c1-31(2,3)40-30(39)36-15-13-35(14-16-36)24-9-7-21(8-10-24)23-17-33-29-27(18-34-37(29)19-23)25-11-12-32-28-22(20-38)5-4-6-26(25)28/h4-12,17-19,38H,13-16,20H2,1-3H3. The van der Waals surface area contributed by atoms with E-state index in [1.807, 2.05) is 63.6 Å². The average molecular weight is 537 g/mol. The van der Waals surface area contributed by atoms with E-state index in [9.17, 15) is 9.90 Å². The summed E-state index contributed by atoms with van der Waals surface area (Å²) in [6.45, 7) is 8.37. The monoisotopic (exact) mass is 536 g/mol. The summed E-state index contributed by atoms with van der Waals surface area (Å²) in [6.07, 6.45) is 7.19. The molecule has 1 aliphatic rings. The van der Waals surface area contributed by atoms with Gasteiger partial charge in [0, 0.05) is 72.5 Å². The molecule has 40 heavy (non-hydrogen) atoms. The molecule has 1 fully saturated rings. The third-order valence-corrected chi connectivity index (χ3v) is 7.17. The lowest BCUT2D eigenvalue weighted by molar-refractivity contribution is 0.0240. The summed E-state index contributed by atoms with van der Waals surface area (Å²) >= 11 is 0. The number of fused-ring (bicyclic) bond motifs is 2. The molecule has 2 aromatic carbocycles. The molecule has 1 amide bonds. The Morgan fingerprint density at radius 1 is 0.925 bits per heavy atom. The number of ether oxygens (including phenoxy) is 1. The number of carbonyl (C=O) groups is 1. The van der Waals surface area contributed by atoms with Crippen molar-refractivity contribution in [3.05, 3.63) is 78.9 Å². The van der Waals surface area contributed by atoms with Gasteiger partial charge in [-0.1, -0.05) is 30.3 Å². The average Bonchev–Trinajstić information content (AvgIpc) is 3.39. The number of aliphatic hydroxyl groups is 1. The number of pyridine rings is 1. The smallest absolute Gasteiger partial charge is 0.410 e. The molecule has 4 heterocycles. The van der Waals surface area contributed by atoms with Crippen LogP contribution in [0.5, 0.6) is 0 Å². The summed E-state index contributed by atoms with van der Waals surface area (Å²) in [6, 6.07) is 16.2. The third-order valence-electron chi connectivity index (χ3n) is 7.17. The van der Waals surface area contributed by atoms with Crippen molar-refractivity contribution in [2.45, 2.75) is 33.0 Å². The zero-order valence-corrected chi connectivity index (χ0v) is 22.9. The van der Waals surface area contributed by atoms with Gasteiger partial charge in [-0.25, -0.2) is 14.3 Å². The number of nitrogens with zero attached hydrogens (tertiary/aromatic N) is 6. The molecular weight excluding hydrogens is 504 g/mol. The van der Waals surface area contributed by atoms with Crippen molar-refractivity contribution >= 4 is 28.3 Å². The second kappa shape index (κ2) is 10.2. The molecule has 0 bridgehead atoms. The van der Waals surface area contributed by atoms with E-state index in [0.29, 0.717) is 13.1 Å². The van der Waals surface area contributed by atoms with E-state index in [1.54, 1.807) is 15.6 Å². The van der Waals surface area contributed by atoms with Gasteiger partial charge in [-0.3, -0.25) is 4.98 Å². The van der Waals surface area contributed by atoms with Gasteiger partial charge < -0.3 is 19.6 Å². The van der Waals surface area contributed by atoms with Crippen molar-refractivity contribution in [2.24, 2.45) is 0 Å². The quantitative estimate of drug-likeness (QED) is 0.339. The summed E-state index contributed by atoms with van der Waals surface area (Å²) in [5.41, 5.74) is 6.86. The van der Waals surface area contributed by atoms with E-state index in [1.165, 1.54) is 0 Å². The normalized spacial score (nSPS) is 14.2. The number of hydrogen-bond acceptors (Lipinski definition) is 7. The number of aromatic nitrogens is 4. The largest absolute Gasteiger partial charge is 0.444 e. The van der Waals surface area contributed by atoms with Gasteiger partial charge in [0.05, 0.1) is 18.3 Å². The van der Waals surface area contributed by atoms with Crippen LogP contribution in [0.4, 0.5) is 10.5 Å². The first-order valence-electron chi connectivity index (χ1n) is 13.5. The molecule has 1 saturated heterocycles. The Morgan fingerprint density at radius 3 is 2.42 bits per heavy atom. The first kappa shape index (κ1) is 25.8. The molecule has 0 radical (unpaired) electrons. The highest BCUT2D eigenvalue weighted by Gasteiger charge is 2.26. The molecule has 3 aromatic heterocycles. The van der Waals surface area contributed by atoms with E-state index < -0.39 is 5.60 Å². The summed E-state index contributed by atoms with van der Waals surface area (Å²) in [7, 11) is 0. The Bertz CT molecular complexity index is 1680. The summed E-state index contributed by atoms with van der Waals surface area (Å²) in [5, 5.41) is 15.3. The number of hydrogen-bond donors (Lipinski definition) is 1. The topological polar surface area (TPSA) is 96.1 Å². The van der Waals surface area contributed by atoms with Crippen LogP contribution >= 0.6 is 0 Å². The summed E-state index contributed by atoms with van der Waals surface area (Å²) < 4.78 is 7.31. The van der Waals surface area contributed by atoms with Crippen LogP contribution in [0.3, 0.4) is 0 Å². The highest BCUT2D eigenvalue weighted by molar-refractivity contribution is 5.98. The molecule has 0 atom stereocenters. The Balaban J connectivity index is 1.20. The molecule has 0 spiro atoms. The number of benzene rings is 2. The minimum atomic E-state index is -0.489. The Hall–Kier alpha value is -4.50. The van der Waals surface area contributed by atoms with Crippen LogP contribution in [0.25, 0.3) is 38.8 Å². The predicted molar refractivity (Wildman–Crippen MR) is 155 cm³/mol. The van der Waals surface area contributed by atoms with Crippen molar-refractivity contribution in [1.29, 1.82) is 0 Å².